The van der Waals surface area contributed by atoms with E-state index in [4.69, 9.17) is 4.74 Å². The second kappa shape index (κ2) is 13.8. The van der Waals surface area contributed by atoms with Gasteiger partial charge in [-0.15, -0.1) is 0 Å². The molecule has 0 N–H and O–H groups in total. The summed E-state index contributed by atoms with van der Waals surface area (Å²) in [7, 11) is -2.61. The molecule has 2 aromatic rings. The predicted molar refractivity (Wildman–Crippen MR) is 135 cm³/mol. The van der Waals surface area contributed by atoms with E-state index in [0.717, 1.165) is 22.2 Å². The molecule has 0 saturated heterocycles. The van der Waals surface area contributed by atoms with E-state index in [2.05, 4.69) is 11.9 Å². The summed E-state index contributed by atoms with van der Waals surface area (Å²) < 4.78 is 33.8. The Hall–Kier alpha value is -2.63. The van der Waals surface area contributed by atoms with Crippen LogP contribution in [0, 0.1) is 0 Å². The molecule has 0 fully saturated rings. The molecule has 1 aliphatic heterocycles. The minimum Gasteiger partial charge on any atom is -0.494 e. The molecule has 0 amide bonds. The Balaban J connectivity index is 1.48. The third-order valence-electron chi connectivity index (χ3n) is 5.96. The molecule has 0 aliphatic carbocycles. The van der Waals surface area contributed by atoms with Gasteiger partial charge in [-0.3, -0.25) is 13.6 Å². The van der Waals surface area contributed by atoms with Gasteiger partial charge in [-0.25, -0.2) is 0 Å². The molecule has 1 aromatic heterocycles. The van der Waals surface area contributed by atoms with Crippen molar-refractivity contribution in [1.29, 1.82) is 0 Å². The quantitative estimate of drug-likeness (QED) is 0.199. The Bertz CT molecular complexity index is 918. The molecule has 33 heavy (non-hydrogen) atoms. The molecule has 0 saturated carbocycles. The maximum atomic E-state index is 13.5. The Morgan fingerprint density at radius 3 is 2.18 bits per heavy atom. The summed E-state index contributed by atoms with van der Waals surface area (Å²) >= 11 is 0. The maximum absolute atomic E-state index is 13.5. The van der Waals surface area contributed by atoms with Crippen LogP contribution in [0.2, 0.25) is 0 Å². The fourth-order valence-electron chi connectivity index (χ4n) is 4.15. The van der Waals surface area contributed by atoms with Gasteiger partial charge in [0.25, 0.3) is 0 Å². The minimum atomic E-state index is -2.61. The summed E-state index contributed by atoms with van der Waals surface area (Å²) in [5.41, 5.74) is 2.64. The summed E-state index contributed by atoms with van der Waals surface area (Å²) in [5, 5.41) is 0. The maximum Gasteiger partial charge on any atom is 0.677 e. The van der Waals surface area contributed by atoms with Gasteiger partial charge >= 0.3 is 7.40 Å². The number of aliphatic imine (C=N–C) groups is 1. The Morgan fingerprint density at radius 2 is 1.58 bits per heavy atom. The first kappa shape index (κ1) is 25.0. The van der Waals surface area contributed by atoms with Crippen LogP contribution >= 0.6 is 0 Å². The first-order valence-electron chi connectivity index (χ1n) is 12.3. The summed E-state index contributed by atoms with van der Waals surface area (Å²) in [6, 6.07) is 11.0. The van der Waals surface area contributed by atoms with Crippen LogP contribution in [0.15, 0.2) is 65.4 Å². The lowest BCUT2D eigenvalue weighted by molar-refractivity contribution is 0.304. The second-order valence-corrected chi connectivity index (χ2v) is 8.53. The molecule has 0 bridgehead atoms. The molecule has 0 spiro atoms. The molecule has 0 unspecified atom stereocenters. The zero-order valence-electron chi connectivity index (χ0n) is 19.7. The lowest BCUT2D eigenvalue weighted by Crippen LogP contribution is -2.15. The molecule has 0 radical (unpaired) electrons. The summed E-state index contributed by atoms with van der Waals surface area (Å²) in [5.74, 6) is 0.800. The number of hydrogen-bond acceptors (Lipinski definition) is 2. The van der Waals surface area contributed by atoms with E-state index in [1.165, 1.54) is 64.0 Å². The Labute approximate surface area is 197 Å². The zero-order chi connectivity index (χ0) is 23.3. The highest BCUT2D eigenvalue weighted by Gasteiger charge is 2.23. The summed E-state index contributed by atoms with van der Waals surface area (Å²) in [6.45, 7) is 2.95. The monoisotopic (exact) mass is 452 g/mol. The van der Waals surface area contributed by atoms with E-state index in [-0.39, 0.29) is 0 Å². The molecule has 1 aliphatic rings. The van der Waals surface area contributed by atoms with Gasteiger partial charge in [0, 0.05) is 17.5 Å². The Kier molecular flexibility index (Phi) is 10.5. The lowest BCUT2D eigenvalue weighted by atomic mass is 9.98. The van der Waals surface area contributed by atoms with Gasteiger partial charge in [-0.05, 0) is 54.6 Å². The first-order chi connectivity index (χ1) is 16.2. The molecule has 176 valence electrons. The highest BCUT2D eigenvalue weighted by Crippen LogP contribution is 2.31. The number of hydrogen-bond donors (Lipinski definition) is 0. The SMILES string of the molecule is CCCCCCCCCCCCOc1ccc(/C(=C2/C=CC=N2)c2cccn2B(F)F)cc1. The smallest absolute Gasteiger partial charge is 0.494 e. The number of aromatic nitrogens is 1. The summed E-state index contributed by atoms with van der Waals surface area (Å²) in [4.78, 5) is 4.35. The standard InChI is InChI=1S/C27H35BF2N2O/c1-2-3-4-5-6-7-8-9-10-11-22-33-24-18-16-23(17-19-24)27(25-14-12-20-31-25)26-15-13-21-32(26)28(29)30/h12-21H,2-11,22H2,1H3/b27-25+. The highest BCUT2D eigenvalue weighted by atomic mass is 19.2. The van der Waals surface area contributed by atoms with Crippen molar-refractivity contribution < 1.29 is 13.4 Å². The zero-order valence-corrected chi connectivity index (χ0v) is 19.7. The van der Waals surface area contributed by atoms with E-state index < -0.39 is 7.40 Å². The molecule has 1 aromatic carbocycles. The van der Waals surface area contributed by atoms with Gasteiger partial charge < -0.3 is 9.21 Å². The number of nitrogens with zero attached hydrogens (tertiary/aromatic N) is 2. The van der Waals surface area contributed by atoms with Crippen LogP contribution < -0.4 is 4.74 Å². The van der Waals surface area contributed by atoms with Crippen molar-refractivity contribution in [3.63, 3.8) is 0 Å². The minimum absolute atomic E-state index is 0.447. The summed E-state index contributed by atoms with van der Waals surface area (Å²) in [6.07, 6.45) is 19.7. The van der Waals surface area contributed by atoms with Crippen molar-refractivity contribution >= 4 is 19.2 Å². The second-order valence-electron chi connectivity index (χ2n) is 8.53. The average Bonchev–Trinajstić information content (AvgIpc) is 3.52. The fourth-order valence-corrected chi connectivity index (χ4v) is 4.15. The van der Waals surface area contributed by atoms with Crippen LogP contribution in [0.4, 0.5) is 8.63 Å². The van der Waals surface area contributed by atoms with Crippen LogP contribution in [0.1, 0.15) is 82.4 Å². The number of rotatable bonds is 15. The van der Waals surface area contributed by atoms with Crippen molar-refractivity contribution in [2.24, 2.45) is 4.99 Å². The van der Waals surface area contributed by atoms with E-state index in [1.54, 1.807) is 18.3 Å². The molecule has 3 rings (SSSR count). The van der Waals surface area contributed by atoms with Gasteiger partial charge in [0.2, 0.25) is 0 Å². The average molecular weight is 452 g/mol. The molecule has 6 heteroatoms. The third-order valence-corrected chi connectivity index (χ3v) is 5.96. The largest absolute Gasteiger partial charge is 0.677 e. The number of ether oxygens (including phenoxy) is 1. The van der Waals surface area contributed by atoms with Gasteiger partial charge in [-0.2, -0.15) is 0 Å². The predicted octanol–water partition coefficient (Wildman–Crippen LogP) is 7.96. The van der Waals surface area contributed by atoms with Gasteiger partial charge in [-0.1, -0.05) is 76.8 Å². The number of allylic oxidation sites excluding steroid dienone is 2. The number of benzene rings is 1. The van der Waals surface area contributed by atoms with E-state index in [0.29, 0.717) is 23.6 Å². The fraction of sp³-hybridized carbons (Fsp3) is 0.444. The lowest BCUT2D eigenvalue weighted by Gasteiger charge is -2.13. The van der Waals surface area contributed by atoms with Crippen LogP contribution in [0.3, 0.4) is 0 Å². The normalized spacial score (nSPS) is 14.2. The van der Waals surface area contributed by atoms with Crippen molar-refractivity contribution in [3.8, 4) is 5.75 Å². The highest BCUT2D eigenvalue weighted by molar-refractivity contribution is 6.41. The Morgan fingerprint density at radius 1 is 0.909 bits per heavy atom. The number of unbranched alkanes of at least 4 members (excludes halogenated alkanes) is 9. The van der Waals surface area contributed by atoms with Gasteiger partial charge in [0.1, 0.15) is 5.75 Å². The van der Waals surface area contributed by atoms with Crippen LogP contribution in [0.25, 0.3) is 5.57 Å². The van der Waals surface area contributed by atoms with Crippen molar-refractivity contribution in [2.45, 2.75) is 71.1 Å². The van der Waals surface area contributed by atoms with Gasteiger partial charge in [0.15, 0.2) is 0 Å². The molecular weight excluding hydrogens is 417 g/mol. The van der Waals surface area contributed by atoms with Crippen LogP contribution in [0.5, 0.6) is 5.75 Å². The van der Waals surface area contributed by atoms with E-state index in [9.17, 15) is 8.63 Å². The van der Waals surface area contributed by atoms with Crippen molar-refractivity contribution in [3.05, 3.63) is 71.7 Å². The van der Waals surface area contributed by atoms with E-state index >= 15 is 0 Å². The van der Waals surface area contributed by atoms with Gasteiger partial charge in [0.05, 0.1) is 12.3 Å². The first-order valence-corrected chi connectivity index (χ1v) is 12.3. The number of halogens is 2. The molecular formula is C27H35BF2N2O. The van der Waals surface area contributed by atoms with Crippen molar-refractivity contribution in [1.82, 2.24) is 4.48 Å². The van der Waals surface area contributed by atoms with Crippen LogP contribution in [-0.2, 0) is 0 Å². The topological polar surface area (TPSA) is 26.5 Å². The third kappa shape index (κ3) is 7.73. The van der Waals surface area contributed by atoms with E-state index in [1.807, 2.05) is 36.4 Å². The molecule has 2 heterocycles. The molecule has 3 nitrogen and oxygen atoms in total. The molecule has 0 atom stereocenters. The van der Waals surface area contributed by atoms with Crippen LogP contribution in [-0.4, -0.2) is 24.7 Å². The van der Waals surface area contributed by atoms with Crippen molar-refractivity contribution in [2.75, 3.05) is 6.61 Å².